The Morgan fingerprint density at radius 1 is 1.06 bits per heavy atom. The van der Waals surface area contributed by atoms with Crippen LogP contribution in [0.5, 0.6) is 0 Å². The highest BCUT2D eigenvalue weighted by Crippen LogP contribution is 2.08. The van der Waals surface area contributed by atoms with Gasteiger partial charge in [-0.25, -0.2) is 13.4 Å². The molecule has 5 nitrogen and oxygen atoms in total. The van der Waals surface area contributed by atoms with Crippen LogP contribution >= 0.6 is 0 Å². The van der Waals surface area contributed by atoms with Crippen LogP contribution in [0.4, 0.5) is 0 Å². The van der Waals surface area contributed by atoms with E-state index < -0.39 is 9.84 Å². The second kappa shape index (κ2) is 5.01. The lowest BCUT2D eigenvalue weighted by molar-refractivity contribution is 0.591. The van der Waals surface area contributed by atoms with Crippen molar-refractivity contribution in [1.29, 1.82) is 0 Å². The molecule has 0 saturated heterocycles. The molecule has 0 amide bonds. The highest BCUT2D eigenvalue weighted by atomic mass is 32.2. The third-order valence-corrected chi connectivity index (χ3v) is 3.83. The van der Waals surface area contributed by atoms with Crippen LogP contribution in [0.2, 0.25) is 0 Å². The molecule has 6 heteroatoms. The first-order valence-corrected chi connectivity index (χ1v) is 6.71. The number of pyridine rings is 1. The number of aromatic nitrogens is 3. The normalized spacial score (nSPS) is 11.3. The Labute approximate surface area is 99.5 Å². The Morgan fingerprint density at radius 2 is 1.88 bits per heavy atom. The first-order valence-electron chi connectivity index (χ1n) is 5.06. The highest BCUT2D eigenvalue weighted by molar-refractivity contribution is 7.91. The predicted octanol–water partition coefficient (Wildman–Crippen LogP) is 0.888. The van der Waals surface area contributed by atoms with Gasteiger partial charge in [-0.1, -0.05) is 6.07 Å². The molecule has 2 rings (SSSR count). The van der Waals surface area contributed by atoms with Gasteiger partial charge in [-0.15, -0.1) is 0 Å². The molecule has 0 fully saturated rings. The van der Waals surface area contributed by atoms with Crippen molar-refractivity contribution in [2.24, 2.45) is 0 Å². The van der Waals surface area contributed by atoms with Gasteiger partial charge in [0.25, 0.3) is 0 Å². The zero-order valence-electron chi connectivity index (χ0n) is 9.02. The topological polar surface area (TPSA) is 72.8 Å². The number of nitrogens with zero attached hydrogens (tertiary/aromatic N) is 3. The van der Waals surface area contributed by atoms with Crippen molar-refractivity contribution in [2.75, 3.05) is 5.75 Å². The van der Waals surface area contributed by atoms with Crippen LogP contribution in [0, 0.1) is 0 Å². The largest absolute Gasteiger partial charge is 0.264 e. The Hall–Kier alpha value is -1.82. The Balaban J connectivity index is 2.09. The first-order chi connectivity index (χ1) is 8.18. The first kappa shape index (κ1) is 11.7. The van der Waals surface area contributed by atoms with Crippen LogP contribution in [0.15, 0.2) is 48.1 Å². The number of sulfone groups is 1. The minimum atomic E-state index is -3.36. The van der Waals surface area contributed by atoms with Crippen LogP contribution in [0.25, 0.3) is 0 Å². The van der Waals surface area contributed by atoms with E-state index in [1.165, 1.54) is 18.6 Å². The molecule has 0 aliphatic carbocycles. The van der Waals surface area contributed by atoms with E-state index in [0.29, 0.717) is 6.42 Å². The smallest absolute Gasteiger partial charge is 0.197 e. The second-order valence-electron chi connectivity index (χ2n) is 3.47. The average Bonchev–Trinajstić information content (AvgIpc) is 2.39. The molecule has 0 aromatic carbocycles. The van der Waals surface area contributed by atoms with Crippen LogP contribution in [0.3, 0.4) is 0 Å². The van der Waals surface area contributed by atoms with Crippen molar-refractivity contribution in [3.05, 3.63) is 48.7 Å². The predicted molar refractivity (Wildman–Crippen MR) is 62.0 cm³/mol. The molecule has 0 aliphatic heterocycles. The van der Waals surface area contributed by atoms with Gasteiger partial charge < -0.3 is 0 Å². The van der Waals surface area contributed by atoms with Crippen molar-refractivity contribution in [3.63, 3.8) is 0 Å². The quantitative estimate of drug-likeness (QED) is 0.804. The van der Waals surface area contributed by atoms with Crippen LogP contribution in [-0.4, -0.2) is 29.1 Å². The third-order valence-electron chi connectivity index (χ3n) is 2.24. The van der Waals surface area contributed by atoms with E-state index in [4.69, 9.17) is 0 Å². The van der Waals surface area contributed by atoms with E-state index in [0.717, 1.165) is 5.56 Å². The van der Waals surface area contributed by atoms with Gasteiger partial charge in [0.15, 0.2) is 14.9 Å². The Bertz CT molecular complexity index is 570. The van der Waals surface area contributed by atoms with E-state index in [-0.39, 0.29) is 10.8 Å². The van der Waals surface area contributed by atoms with E-state index in [1.807, 2.05) is 6.07 Å². The molecule has 88 valence electrons. The fraction of sp³-hybridized carbons (Fsp3) is 0.182. The summed E-state index contributed by atoms with van der Waals surface area (Å²) < 4.78 is 23.8. The lowest BCUT2D eigenvalue weighted by Crippen LogP contribution is -2.11. The number of hydrogen-bond donors (Lipinski definition) is 0. The summed E-state index contributed by atoms with van der Waals surface area (Å²) in [6, 6.07) is 3.63. The van der Waals surface area contributed by atoms with Crippen molar-refractivity contribution in [1.82, 2.24) is 15.0 Å². The summed E-state index contributed by atoms with van der Waals surface area (Å²) in [6.45, 7) is 0. The molecule has 0 aliphatic rings. The standard InChI is InChI=1S/C11H11N3O2S/c15-17(16,11-9-13-5-6-14-11)7-3-10-2-1-4-12-8-10/h1-2,4-6,8-9H,3,7H2. The minimum Gasteiger partial charge on any atom is -0.264 e. The van der Waals surface area contributed by atoms with E-state index in [1.54, 1.807) is 18.5 Å². The summed E-state index contributed by atoms with van der Waals surface area (Å²) in [5.41, 5.74) is 0.889. The highest BCUT2D eigenvalue weighted by Gasteiger charge is 2.15. The molecule has 0 atom stereocenters. The SMILES string of the molecule is O=S(=O)(CCc1cccnc1)c1cnccn1. The Kier molecular flexibility index (Phi) is 3.43. The fourth-order valence-electron chi connectivity index (χ4n) is 1.35. The van der Waals surface area contributed by atoms with Gasteiger partial charge in [0.2, 0.25) is 0 Å². The van der Waals surface area contributed by atoms with E-state index in [2.05, 4.69) is 15.0 Å². The van der Waals surface area contributed by atoms with Gasteiger partial charge in [-0.05, 0) is 18.1 Å². The van der Waals surface area contributed by atoms with Crippen LogP contribution in [0.1, 0.15) is 5.56 Å². The summed E-state index contributed by atoms with van der Waals surface area (Å²) in [6.07, 6.45) is 7.81. The average molecular weight is 249 g/mol. The number of hydrogen-bond acceptors (Lipinski definition) is 5. The van der Waals surface area contributed by atoms with Crippen molar-refractivity contribution in [2.45, 2.75) is 11.4 Å². The van der Waals surface area contributed by atoms with E-state index in [9.17, 15) is 8.42 Å². The molecule has 2 aromatic rings. The lowest BCUT2D eigenvalue weighted by Gasteiger charge is -2.02. The molecule has 2 aromatic heterocycles. The molecule has 0 unspecified atom stereocenters. The number of aryl methyl sites for hydroxylation is 1. The van der Waals surface area contributed by atoms with Crippen molar-refractivity contribution in [3.8, 4) is 0 Å². The molecule has 0 bridgehead atoms. The second-order valence-corrected chi connectivity index (χ2v) is 5.53. The molecule has 0 saturated carbocycles. The molecule has 0 radical (unpaired) electrons. The maximum atomic E-state index is 11.9. The summed E-state index contributed by atoms with van der Waals surface area (Å²) in [5.74, 6) is 0.0113. The number of rotatable bonds is 4. The molecule has 0 N–H and O–H groups in total. The summed E-state index contributed by atoms with van der Waals surface area (Å²) in [5, 5.41) is 0.0175. The monoisotopic (exact) mass is 249 g/mol. The fourth-order valence-corrected chi connectivity index (χ4v) is 2.51. The summed E-state index contributed by atoms with van der Waals surface area (Å²) in [7, 11) is -3.36. The molecular formula is C11H11N3O2S. The molecule has 0 spiro atoms. The molecule has 2 heterocycles. The maximum absolute atomic E-state index is 11.9. The molecule has 17 heavy (non-hydrogen) atoms. The third kappa shape index (κ3) is 3.07. The van der Waals surface area contributed by atoms with Crippen molar-refractivity contribution < 1.29 is 8.42 Å². The van der Waals surface area contributed by atoms with Gasteiger partial charge in [0, 0.05) is 24.8 Å². The zero-order valence-corrected chi connectivity index (χ0v) is 9.84. The van der Waals surface area contributed by atoms with Gasteiger partial charge in [-0.2, -0.15) is 0 Å². The summed E-state index contributed by atoms with van der Waals surface area (Å²) >= 11 is 0. The van der Waals surface area contributed by atoms with Crippen LogP contribution < -0.4 is 0 Å². The van der Waals surface area contributed by atoms with Gasteiger partial charge in [-0.3, -0.25) is 9.97 Å². The summed E-state index contributed by atoms with van der Waals surface area (Å²) in [4.78, 5) is 11.5. The minimum absolute atomic E-state index is 0.0113. The van der Waals surface area contributed by atoms with Crippen LogP contribution in [-0.2, 0) is 16.3 Å². The van der Waals surface area contributed by atoms with Crippen molar-refractivity contribution >= 4 is 9.84 Å². The van der Waals surface area contributed by atoms with Gasteiger partial charge in [0.05, 0.1) is 11.9 Å². The lowest BCUT2D eigenvalue weighted by atomic mass is 10.2. The van der Waals surface area contributed by atoms with Gasteiger partial charge in [0.1, 0.15) is 0 Å². The Morgan fingerprint density at radius 3 is 2.53 bits per heavy atom. The van der Waals surface area contributed by atoms with Gasteiger partial charge >= 0.3 is 0 Å². The van der Waals surface area contributed by atoms with E-state index >= 15 is 0 Å². The molecular weight excluding hydrogens is 238 g/mol. The maximum Gasteiger partial charge on any atom is 0.197 e. The zero-order chi connectivity index (χ0) is 12.1.